The number of ketones is 1. The van der Waals surface area contributed by atoms with E-state index in [0.717, 1.165) is 35.5 Å². The summed E-state index contributed by atoms with van der Waals surface area (Å²) < 4.78 is 13.7. The van der Waals surface area contributed by atoms with Crippen molar-refractivity contribution >= 4 is 57.8 Å². The van der Waals surface area contributed by atoms with Gasteiger partial charge in [-0.2, -0.15) is 0 Å². The molecule has 7 nitrogen and oxygen atoms in total. The normalized spacial score (nSPS) is 34.9. The number of aliphatic hydroxyl groups excluding tert-OH is 2. The van der Waals surface area contributed by atoms with Crippen LogP contribution in [0.4, 0.5) is 0 Å². The highest BCUT2D eigenvalue weighted by atomic mass is 127. The molecule has 0 aromatic carbocycles. The molecule has 3 heterocycles. The van der Waals surface area contributed by atoms with E-state index in [2.05, 4.69) is 27.6 Å². The molecule has 2 N–H and O–H groups in total. The van der Waals surface area contributed by atoms with E-state index in [1.54, 1.807) is 20.8 Å². The monoisotopic (exact) mass is 631 g/mol. The molecular formula is C27H38INO6S. The number of esters is 1. The summed E-state index contributed by atoms with van der Waals surface area (Å²) in [7, 11) is 0. The molecule has 1 aromatic rings. The van der Waals surface area contributed by atoms with Crippen LogP contribution in [0, 0.1) is 17.3 Å². The molecule has 1 aromatic heterocycles. The summed E-state index contributed by atoms with van der Waals surface area (Å²) in [6.45, 7) is 8.81. The van der Waals surface area contributed by atoms with Gasteiger partial charge in [0.05, 0.1) is 41.9 Å². The van der Waals surface area contributed by atoms with Gasteiger partial charge >= 0.3 is 5.97 Å². The highest BCUT2D eigenvalue weighted by Crippen LogP contribution is 2.36. The molecule has 2 fully saturated rings. The zero-order valence-corrected chi connectivity index (χ0v) is 24.6. The standard InChI is InChI=1S/C27H38INO6S/c1-15-7-6-8-19-21(34-19)12-20(16(2)11-18-14-36-23(29-18)9-10-28)35-24(31)13-22(30)27(4,5)26(33)17(3)25(15)32/h9-11,14-15,17,19-22,25,30,32H,6-8,12-13H2,1-5H3. The average molecular weight is 632 g/mol. The number of hydrogen-bond acceptors (Lipinski definition) is 8. The van der Waals surface area contributed by atoms with Crippen molar-refractivity contribution in [3.63, 3.8) is 0 Å². The zero-order valence-electron chi connectivity index (χ0n) is 21.6. The highest BCUT2D eigenvalue weighted by Gasteiger charge is 2.44. The fourth-order valence-electron chi connectivity index (χ4n) is 4.83. The Kier molecular flexibility index (Phi) is 10.3. The van der Waals surface area contributed by atoms with E-state index < -0.39 is 35.6 Å². The Morgan fingerprint density at radius 3 is 2.64 bits per heavy atom. The van der Waals surface area contributed by atoms with Crippen molar-refractivity contribution in [1.29, 1.82) is 0 Å². The van der Waals surface area contributed by atoms with Crippen LogP contribution in [-0.4, -0.2) is 57.5 Å². The third-order valence-electron chi connectivity index (χ3n) is 7.52. The first-order valence-electron chi connectivity index (χ1n) is 12.6. The summed E-state index contributed by atoms with van der Waals surface area (Å²) in [5.41, 5.74) is 0.445. The van der Waals surface area contributed by atoms with Crippen molar-refractivity contribution in [2.75, 3.05) is 0 Å². The summed E-state index contributed by atoms with van der Waals surface area (Å²) in [5, 5.41) is 24.5. The number of ether oxygens (including phenoxy) is 2. The molecule has 0 radical (unpaired) electrons. The summed E-state index contributed by atoms with van der Waals surface area (Å²) >= 11 is 3.69. The number of Topliss-reactive ketones (excluding diaryl/α,β-unsaturated/α-hetero) is 1. The molecule has 7 unspecified atom stereocenters. The van der Waals surface area contributed by atoms with Gasteiger partial charge in [-0.3, -0.25) is 9.59 Å². The summed E-state index contributed by atoms with van der Waals surface area (Å²) in [4.78, 5) is 30.7. The average Bonchev–Trinajstić information content (AvgIpc) is 3.41. The van der Waals surface area contributed by atoms with Crippen molar-refractivity contribution in [2.45, 2.75) is 97.2 Å². The first-order chi connectivity index (χ1) is 16.9. The van der Waals surface area contributed by atoms with Crippen LogP contribution in [0.2, 0.25) is 0 Å². The number of epoxide rings is 1. The molecule has 200 valence electrons. The molecule has 2 aliphatic rings. The Bertz CT molecular complexity index is 989. The number of rotatable bonds is 3. The quantitative estimate of drug-likeness (QED) is 0.269. The second-order valence-electron chi connectivity index (χ2n) is 10.7. The van der Waals surface area contributed by atoms with Crippen LogP contribution in [0.25, 0.3) is 12.2 Å². The van der Waals surface area contributed by atoms with Crippen molar-refractivity contribution in [2.24, 2.45) is 17.3 Å². The van der Waals surface area contributed by atoms with Gasteiger partial charge in [0, 0.05) is 17.7 Å². The van der Waals surface area contributed by atoms with E-state index in [1.807, 2.05) is 35.5 Å². The molecule has 0 saturated carbocycles. The van der Waals surface area contributed by atoms with Crippen LogP contribution in [0.5, 0.6) is 0 Å². The van der Waals surface area contributed by atoms with Crippen LogP contribution in [0.15, 0.2) is 15.0 Å². The number of nitrogens with zero attached hydrogens (tertiary/aromatic N) is 1. The topological polar surface area (TPSA) is 109 Å². The maximum atomic E-state index is 13.2. The minimum atomic E-state index is -1.23. The van der Waals surface area contributed by atoms with Crippen LogP contribution in [-0.2, 0) is 19.1 Å². The summed E-state index contributed by atoms with van der Waals surface area (Å²) in [6, 6.07) is 0. The third kappa shape index (κ3) is 7.46. The maximum absolute atomic E-state index is 13.2. The Hall–Kier alpha value is -1.14. The van der Waals surface area contributed by atoms with Crippen molar-refractivity contribution < 1.29 is 29.3 Å². The number of fused-ring (bicyclic) bond motifs is 1. The fraction of sp³-hybridized carbons (Fsp3) is 0.667. The molecule has 3 rings (SSSR count). The van der Waals surface area contributed by atoms with Gasteiger partial charge in [0.15, 0.2) is 0 Å². The van der Waals surface area contributed by atoms with E-state index in [-0.39, 0.29) is 30.3 Å². The predicted octanol–water partition coefficient (Wildman–Crippen LogP) is 5.18. The SMILES string of the molecule is CC(=Cc1csc(C=CI)n1)C1CC2OC2CCCC(C)C(O)C(C)C(=O)C(C)(C)C(O)CC(=O)O1. The first-order valence-corrected chi connectivity index (χ1v) is 14.7. The molecular weight excluding hydrogens is 593 g/mol. The molecule has 0 spiro atoms. The Labute approximate surface area is 231 Å². The third-order valence-corrected chi connectivity index (χ3v) is 8.71. The molecule has 2 saturated heterocycles. The fourth-order valence-corrected chi connectivity index (χ4v) is 6.08. The van der Waals surface area contributed by atoms with Crippen LogP contribution >= 0.6 is 33.9 Å². The molecule has 36 heavy (non-hydrogen) atoms. The molecule has 7 atom stereocenters. The molecule has 0 bridgehead atoms. The molecule has 0 aliphatic carbocycles. The second kappa shape index (κ2) is 12.6. The molecule has 9 heteroatoms. The largest absolute Gasteiger partial charge is 0.458 e. The number of hydrogen-bond donors (Lipinski definition) is 2. The number of aliphatic hydroxyl groups is 2. The van der Waals surface area contributed by atoms with Gasteiger partial charge in [-0.25, -0.2) is 4.98 Å². The van der Waals surface area contributed by atoms with Gasteiger partial charge in [-0.05, 0) is 47.5 Å². The van der Waals surface area contributed by atoms with E-state index in [0.29, 0.717) is 6.42 Å². The highest BCUT2D eigenvalue weighted by molar-refractivity contribution is 14.1. The van der Waals surface area contributed by atoms with Crippen LogP contribution in [0.3, 0.4) is 0 Å². The lowest BCUT2D eigenvalue weighted by molar-refractivity contribution is -0.154. The lowest BCUT2D eigenvalue weighted by Gasteiger charge is -2.34. The van der Waals surface area contributed by atoms with E-state index in [4.69, 9.17) is 9.47 Å². The van der Waals surface area contributed by atoms with Crippen LogP contribution in [0.1, 0.15) is 77.4 Å². The van der Waals surface area contributed by atoms with E-state index in [1.165, 1.54) is 11.3 Å². The minimum absolute atomic E-state index is 0.00546. The maximum Gasteiger partial charge on any atom is 0.309 e. The predicted molar refractivity (Wildman–Crippen MR) is 150 cm³/mol. The number of carbonyl (C=O) groups is 2. The van der Waals surface area contributed by atoms with E-state index >= 15 is 0 Å². The lowest BCUT2D eigenvalue weighted by Crippen LogP contribution is -2.45. The van der Waals surface area contributed by atoms with Crippen molar-refractivity contribution in [3.05, 3.63) is 25.7 Å². The smallest absolute Gasteiger partial charge is 0.309 e. The van der Waals surface area contributed by atoms with Crippen molar-refractivity contribution in [1.82, 2.24) is 4.98 Å². The van der Waals surface area contributed by atoms with Crippen LogP contribution < -0.4 is 0 Å². The number of thiazole rings is 1. The zero-order chi connectivity index (χ0) is 26.6. The van der Waals surface area contributed by atoms with Gasteiger partial charge in [0.25, 0.3) is 0 Å². The summed E-state index contributed by atoms with van der Waals surface area (Å²) in [5.74, 6) is -1.54. The van der Waals surface area contributed by atoms with Crippen molar-refractivity contribution in [3.8, 4) is 0 Å². The first kappa shape index (κ1) is 29.4. The minimum Gasteiger partial charge on any atom is -0.458 e. The number of aromatic nitrogens is 1. The Morgan fingerprint density at radius 1 is 1.22 bits per heavy atom. The van der Waals surface area contributed by atoms with Gasteiger partial charge in [0.1, 0.15) is 16.9 Å². The number of carbonyl (C=O) groups excluding carboxylic acids is 2. The molecule has 2 aliphatic heterocycles. The number of cyclic esters (lactones) is 1. The van der Waals surface area contributed by atoms with E-state index in [9.17, 15) is 19.8 Å². The Morgan fingerprint density at radius 2 is 1.94 bits per heavy atom. The Balaban J connectivity index is 1.82. The number of halogens is 1. The lowest BCUT2D eigenvalue weighted by atomic mass is 9.73. The van der Waals surface area contributed by atoms with Gasteiger partial charge in [0.2, 0.25) is 0 Å². The van der Waals surface area contributed by atoms with Gasteiger partial charge < -0.3 is 19.7 Å². The summed E-state index contributed by atoms with van der Waals surface area (Å²) in [6.07, 6.45) is 4.11. The molecule has 0 amide bonds. The van der Waals surface area contributed by atoms with Gasteiger partial charge in [-0.1, -0.05) is 56.7 Å². The second-order valence-corrected chi connectivity index (χ2v) is 12.3. The van der Waals surface area contributed by atoms with Gasteiger partial charge in [-0.15, -0.1) is 11.3 Å².